The first kappa shape index (κ1) is 21.3. The maximum atomic E-state index is 6.23. The molecule has 1 aliphatic heterocycles. The summed E-state index contributed by atoms with van der Waals surface area (Å²) >= 11 is 12.2. The second-order valence-electron chi connectivity index (χ2n) is 5.89. The van der Waals surface area contributed by atoms with E-state index in [1.165, 1.54) is 0 Å². The van der Waals surface area contributed by atoms with Crippen molar-refractivity contribution in [3.05, 3.63) is 51.8 Å². The van der Waals surface area contributed by atoms with Crippen LogP contribution >= 0.6 is 47.2 Å². The molecule has 0 atom stereocenters. The molecule has 0 amide bonds. The lowest BCUT2D eigenvalue weighted by Gasteiger charge is -2.36. The molecule has 6 nitrogen and oxygen atoms in total. The van der Waals surface area contributed by atoms with Gasteiger partial charge < -0.3 is 14.7 Å². The number of piperazine rings is 1. The van der Waals surface area contributed by atoms with Crippen molar-refractivity contribution in [2.75, 3.05) is 33.2 Å². The van der Waals surface area contributed by atoms with Crippen molar-refractivity contribution in [1.29, 1.82) is 0 Å². The van der Waals surface area contributed by atoms with Gasteiger partial charge in [-0.2, -0.15) is 0 Å². The number of hydrogen-bond donors (Lipinski definition) is 1. The smallest absolute Gasteiger partial charge is 0.194 e. The van der Waals surface area contributed by atoms with Crippen molar-refractivity contribution in [3.63, 3.8) is 0 Å². The monoisotopic (exact) mass is 509 g/mol. The van der Waals surface area contributed by atoms with Crippen LogP contribution in [0, 0.1) is 0 Å². The highest BCUT2D eigenvalue weighted by atomic mass is 127. The van der Waals surface area contributed by atoms with Crippen LogP contribution in [-0.4, -0.2) is 54.1 Å². The number of aromatic nitrogens is 1. The molecule has 2 heterocycles. The highest BCUT2D eigenvalue weighted by Crippen LogP contribution is 2.20. The minimum absolute atomic E-state index is 0. The molecular formula is C17H22Cl2IN5O. The number of halogens is 3. The third-order valence-corrected chi connectivity index (χ3v) is 4.80. The summed E-state index contributed by atoms with van der Waals surface area (Å²) in [6, 6.07) is 7.44. The molecule has 0 saturated carbocycles. The van der Waals surface area contributed by atoms with Crippen molar-refractivity contribution in [2.24, 2.45) is 4.99 Å². The van der Waals surface area contributed by atoms with Crippen LogP contribution in [0.2, 0.25) is 10.0 Å². The number of hydrogen-bond acceptors (Lipinski definition) is 4. The molecule has 0 aliphatic carbocycles. The van der Waals surface area contributed by atoms with Gasteiger partial charge in [0, 0.05) is 62.4 Å². The Morgan fingerprint density at radius 1 is 1.23 bits per heavy atom. The van der Waals surface area contributed by atoms with E-state index in [4.69, 9.17) is 27.7 Å². The number of guanidine groups is 1. The summed E-state index contributed by atoms with van der Waals surface area (Å²) in [5.74, 6) is 0.882. The minimum atomic E-state index is 0. The van der Waals surface area contributed by atoms with E-state index in [2.05, 4.69) is 25.3 Å². The topological polar surface area (TPSA) is 56.9 Å². The van der Waals surface area contributed by atoms with Crippen LogP contribution in [0.3, 0.4) is 0 Å². The van der Waals surface area contributed by atoms with Gasteiger partial charge in [0.05, 0.1) is 5.69 Å². The zero-order valence-corrected chi connectivity index (χ0v) is 18.3. The van der Waals surface area contributed by atoms with E-state index in [9.17, 15) is 0 Å². The molecule has 1 aliphatic rings. The number of nitrogens with zero attached hydrogens (tertiary/aromatic N) is 4. The van der Waals surface area contributed by atoms with E-state index < -0.39 is 0 Å². The largest absolute Gasteiger partial charge is 0.364 e. The molecular weight excluding hydrogens is 488 g/mol. The van der Waals surface area contributed by atoms with Crippen LogP contribution in [-0.2, 0) is 13.1 Å². The second-order valence-corrected chi connectivity index (χ2v) is 6.73. The average Bonchev–Trinajstić information content (AvgIpc) is 3.11. The van der Waals surface area contributed by atoms with E-state index in [-0.39, 0.29) is 24.0 Å². The van der Waals surface area contributed by atoms with Crippen molar-refractivity contribution >= 4 is 53.1 Å². The normalized spacial score (nSPS) is 15.7. The lowest BCUT2D eigenvalue weighted by atomic mass is 10.2. The molecule has 0 unspecified atom stereocenters. The number of benzene rings is 1. The zero-order chi connectivity index (χ0) is 17.6. The summed E-state index contributed by atoms with van der Waals surface area (Å²) < 4.78 is 4.89. The summed E-state index contributed by atoms with van der Waals surface area (Å²) in [6.07, 6.45) is 1.61. The molecule has 1 N–H and O–H groups in total. The van der Waals surface area contributed by atoms with Crippen molar-refractivity contribution < 1.29 is 4.52 Å². The summed E-state index contributed by atoms with van der Waals surface area (Å²) in [5, 5.41) is 8.65. The maximum absolute atomic E-state index is 6.23. The molecule has 1 saturated heterocycles. The van der Waals surface area contributed by atoms with Crippen LogP contribution in [0.4, 0.5) is 0 Å². The van der Waals surface area contributed by atoms with Gasteiger partial charge in [0.2, 0.25) is 0 Å². The molecule has 2 aromatic rings. The van der Waals surface area contributed by atoms with Crippen LogP contribution in [0.15, 0.2) is 40.0 Å². The maximum Gasteiger partial charge on any atom is 0.194 e. The molecule has 0 spiro atoms. The third kappa shape index (κ3) is 5.73. The van der Waals surface area contributed by atoms with Gasteiger partial charge in [-0.05, 0) is 17.7 Å². The van der Waals surface area contributed by atoms with Crippen LogP contribution in [0.5, 0.6) is 0 Å². The van der Waals surface area contributed by atoms with Gasteiger partial charge in [0.15, 0.2) is 5.96 Å². The molecule has 0 bridgehead atoms. The Labute approximate surface area is 180 Å². The Kier molecular flexibility index (Phi) is 8.46. The second kappa shape index (κ2) is 10.3. The summed E-state index contributed by atoms with van der Waals surface area (Å²) in [7, 11) is 1.80. The van der Waals surface area contributed by atoms with E-state index in [0.717, 1.165) is 49.9 Å². The van der Waals surface area contributed by atoms with E-state index in [1.807, 2.05) is 18.2 Å². The Bertz CT molecular complexity index is 718. The third-order valence-electron chi connectivity index (χ3n) is 4.21. The van der Waals surface area contributed by atoms with Gasteiger partial charge >= 0.3 is 0 Å². The average molecular weight is 510 g/mol. The van der Waals surface area contributed by atoms with E-state index >= 15 is 0 Å². The Morgan fingerprint density at radius 2 is 2.00 bits per heavy atom. The number of aliphatic imine (C=N–C) groups is 1. The van der Waals surface area contributed by atoms with Crippen molar-refractivity contribution in [3.8, 4) is 0 Å². The fraction of sp³-hybridized carbons (Fsp3) is 0.412. The Morgan fingerprint density at radius 3 is 2.62 bits per heavy atom. The van der Waals surface area contributed by atoms with Gasteiger partial charge in [-0.3, -0.25) is 9.89 Å². The molecule has 3 rings (SSSR count). The van der Waals surface area contributed by atoms with Crippen LogP contribution in [0.25, 0.3) is 0 Å². The molecule has 1 fully saturated rings. The molecule has 142 valence electrons. The summed E-state index contributed by atoms with van der Waals surface area (Å²) in [6.45, 7) is 5.15. The lowest BCUT2D eigenvalue weighted by molar-refractivity contribution is 0.169. The summed E-state index contributed by atoms with van der Waals surface area (Å²) in [4.78, 5) is 9.00. The van der Waals surface area contributed by atoms with Crippen molar-refractivity contribution in [2.45, 2.75) is 13.1 Å². The van der Waals surface area contributed by atoms with E-state index in [0.29, 0.717) is 16.6 Å². The SMILES string of the molecule is CN=C(NCc1ccc(Cl)cc1Cl)N1CCN(Cc2ccon2)CC1.I. The van der Waals surface area contributed by atoms with Crippen molar-refractivity contribution in [1.82, 2.24) is 20.3 Å². The predicted octanol–water partition coefficient (Wildman–Crippen LogP) is 3.49. The first-order valence-electron chi connectivity index (χ1n) is 8.17. The molecule has 26 heavy (non-hydrogen) atoms. The van der Waals surface area contributed by atoms with Gasteiger partial charge in [-0.1, -0.05) is 34.4 Å². The standard InChI is InChI=1S/C17H21Cl2N5O.HI/c1-20-17(21-11-13-2-3-14(18)10-16(13)19)24-7-5-23(6-8-24)12-15-4-9-25-22-15;/h2-4,9-10H,5-8,11-12H2,1H3,(H,20,21);1H. The first-order valence-corrected chi connectivity index (χ1v) is 8.92. The Hall–Kier alpha value is -1.03. The highest BCUT2D eigenvalue weighted by Gasteiger charge is 2.20. The van der Waals surface area contributed by atoms with Gasteiger partial charge in [0.25, 0.3) is 0 Å². The highest BCUT2D eigenvalue weighted by molar-refractivity contribution is 14.0. The van der Waals surface area contributed by atoms with Gasteiger partial charge in [-0.25, -0.2) is 0 Å². The first-order chi connectivity index (χ1) is 12.2. The van der Waals surface area contributed by atoms with E-state index in [1.54, 1.807) is 19.4 Å². The quantitative estimate of drug-likeness (QED) is 0.388. The number of nitrogens with one attached hydrogen (secondary N) is 1. The van der Waals surface area contributed by atoms with Crippen LogP contribution < -0.4 is 5.32 Å². The Balaban J connectivity index is 0.00000243. The minimum Gasteiger partial charge on any atom is -0.364 e. The summed E-state index contributed by atoms with van der Waals surface area (Å²) in [5.41, 5.74) is 1.96. The predicted molar refractivity (Wildman–Crippen MR) is 115 cm³/mol. The molecule has 0 radical (unpaired) electrons. The molecule has 9 heteroatoms. The van der Waals surface area contributed by atoms with Gasteiger partial charge in [0.1, 0.15) is 6.26 Å². The molecule has 1 aromatic carbocycles. The fourth-order valence-electron chi connectivity index (χ4n) is 2.84. The lowest BCUT2D eigenvalue weighted by Crippen LogP contribution is -2.52. The number of rotatable bonds is 4. The molecule has 1 aromatic heterocycles. The van der Waals surface area contributed by atoms with Crippen LogP contribution in [0.1, 0.15) is 11.3 Å². The fourth-order valence-corrected chi connectivity index (χ4v) is 3.31. The zero-order valence-electron chi connectivity index (χ0n) is 14.5. The van der Waals surface area contributed by atoms with Gasteiger partial charge in [-0.15, -0.1) is 24.0 Å².